The second kappa shape index (κ2) is 6.54. The van der Waals surface area contributed by atoms with E-state index >= 15 is 0 Å². The van der Waals surface area contributed by atoms with E-state index < -0.39 is 0 Å². The van der Waals surface area contributed by atoms with E-state index in [0.29, 0.717) is 12.1 Å². The third kappa shape index (κ3) is 3.23. The zero-order valence-corrected chi connectivity index (χ0v) is 12.2. The molecule has 0 unspecified atom stereocenters. The van der Waals surface area contributed by atoms with Crippen LogP contribution in [0, 0.1) is 17.1 Å². The number of anilines is 1. The first-order valence-electron chi connectivity index (χ1n) is 7.33. The van der Waals surface area contributed by atoms with Crippen molar-refractivity contribution in [2.45, 2.75) is 6.54 Å². The molecule has 0 N–H and O–H groups in total. The molecule has 3 rings (SSSR count). The van der Waals surface area contributed by atoms with Crippen LogP contribution in [0.4, 0.5) is 10.2 Å². The van der Waals surface area contributed by atoms with Crippen molar-refractivity contribution in [1.29, 1.82) is 5.26 Å². The van der Waals surface area contributed by atoms with E-state index in [0.717, 1.165) is 37.6 Å². The van der Waals surface area contributed by atoms with Gasteiger partial charge in [-0.1, -0.05) is 18.2 Å². The fraction of sp³-hybridized carbons (Fsp3) is 0.294. The summed E-state index contributed by atoms with van der Waals surface area (Å²) in [5, 5.41) is 8.80. The van der Waals surface area contributed by atoms with Gasteiger partial charge in [-0.05, 0) is 18.2 Å². The molecule has 0 spiro atoms. The summed E-state index contributed by atoms with van der Waals surface area (Å²) in [5.74, 6) is 0.753. The Bertz CT molecular complexity index is 670. The van der Waals surface area contributed by atoms with Crippen molar-refractivity contribution in [3.63, 3.8) is 0 Å². The Hall–Kier alpha value is -2.45. The van der Waals surface area contributed by atoms with E-state index in [1.54, 1.807) is 18.3 Å². The molecule has 0 atom stereocenters. The summed E-state index contributed by atoms with van der Waals surface area (Å²) < 4.78 is 13.7. The maximum atomic E-state index is 13.7. The Balaban J connectivity index is 1.58. The lowest BCUT2D eigenvalue weighted by molar-refractivity contribution is 0.246. The van der Waals surface area contributed by atoms with Crippen molar-refractivity contribution in [3.05, 3.63) is 59.5 Å². The number of hydrogen-bond donors (Lipinski definition) is 0. The second-order valence-electron chi connectivity index (χ2n) is 5.37. The SMILES string of the molecule is N#Cc1ccc(N2CCN(Cc3ccccc3F)CC2)nc1. The molecule has 0 amide bonds. The number of pyridine rings is 1. The summed E-state index contributed by atoms with van der Waals surface area (Å²) in [5.41, 5.74) is 1.31. The van der Waals surface area contributed by atoms with Crippen molar-refractivity contribution in [2.24, 2.45) is 0 Å². The van der Waals surface area contributed by atoms with Crippen LogP contribution in [-0.2, 0) is 6.54 Å². The van der Waals surface area contributed by atoms with Gasteiger partial charge in [0, 0.05) is 44.5 Å². The highest BCUT2D eigenvalue weighted by atomic mass is 19.1. The molecule has 1 fully saturated rings. The highest BCUT2D eigenvalue weighted by Gasteiger charge is 2.18. The largest absolute Gasteiger partial charge is 0.354 e. The normalized spacial score (nSPS) is 15.5. The molecule has 2 aromatic rings. The van der Waals surface area contributed by atoms with Crippen LogP contribution in [0.15, 0.2) is 42.6 Å². The standard InChI is InChI=1S/C17H17FN4/c18-16-4-2-1-3-15(16)13-21-7-9-22(10-8-21)17-6-5-14(11-19)12-20-17/h1-6,12H,7-10,13H2. The van der Waals surface area contributed by atoms with Crippen LogP contribution in [0.25, 0.3) is 0 Å². The van der Waals surface area contributed by atoms with Gasteiger partial charge in [-0.25, -0.2) is 9.37 Å². The molecular weight excluding hydrogens is 279 g/mol. The first-order valence-corrected chi connectivity index (χ1v) is 7.33. The lowest BCUT2D eigenvalue weighted by Crippen LogP contribution is -2.46. The Morgan fingerprint density at radius 3 is 2.50 bits per heavy atom. The molecule has 5 heteroatoms. The maximum absolute atomic E-state index is 13.7. The van der Waals surface area contributed by atoms with E-state index in [4.69, 9.17) is 5.26 Å². The van der Waals surface area contributed by atoms with Crippen molar-refractivity contribution >= 4 is 5.82 Å². The number of benzene rings is 1. The highest BCUT2D eigenvalue weighted by Crippen LogP contribution is 2.16. The molecule has 4 nitrogen and oxygen atoms in total. The van der Waals surface area contributed by atoms with Gasteiger partial charge in [0.15, 0.2) is 0 Å². The number of rotatable bonds is 3. The molecule has 1 saturated heterocycles. The molecule has 1 aromatic heterocycles. The fourth-order valence-electron chi connectivity index (χ4n) is 2.64. The average Bonchev–Trinajstić information content (AvgIpc) is 2.58. The van der Waals surface area contributed by atoms with E-state index in [9.17, 15) is 4.39 Å². The van der Waals surface area contributed by atoms with Crippen LogP contribution in [0.3, 0.4) is 0 Å². The van der Waals surface area contributed by atoms with Gasteiger partial charge in [0.2, 0.25) is 0 Å². The highest BCUT2D eigenvalue weighted by molar-refractivity contribution is 5.42. The molecule has 0 saturated carbocycles. The minimum atomic E-state index is -0.140. The average molecular weight is 296 g/mol. The number of halogens is 1. The Kier molecular flexibility index (Phi) is 4.31. The minimum absolute atomic E-state index is 0.140. The lowest BCUT2D eigenvalue weighted by atomic mass is 10.2. The Morgan fingerprint density at radius 2 is 1.86 bits per heavy atom. The molecule has 0 radical (unpaired) electrons. The van der Waals surface area contributed by atoms with Crippen molar-refractivity contribution < 1.29 is 4.39 Å². The van der Waals surface area contributed by atoms with Crippen LogP contribution in [0.1, 0.15) is 11.1 Å². The zero-order valence-electron chi connectivity index (χ0n) is 12.2. The minimum Gasteiger partial charge on any atom is -0.354 e. The summed E-state index contributed by atoms with van der Waals surface area (Å²) in [4.78, 5) is 8.76. The first kappa shape index (κ1) is 14.5. The van der Waals surface area contributed by atoms with Gasteiger partial charge >= 0.3 is 0 Å². The van der Waals surface area contributed by atoms with Gasteiger partial charge in [-0.2, -0.15) is 5.26 Å². The molecule has 2 heterocycles. The van der Waals surface area contributed by atoms with Gasteiger partial charge in [0.1, 0.15) is 17.7 Å². The smallest absolute Gasteiger partial charge is 0.128 e. The summed E-state index contributed by atoms with van der Waals surface area (Å²) in [7, 11) is 0. The summed E-state index contributed by atoms with van der Waals surface area (Å²) in [6.45, 7) is 4.09. The van der Waals surface area contributed by atoms with Gasteiger partial charge in [0.25, 0.3) is 0 Å². The fourth-order valence-corrected chi connectivity index (χ4v) is 2.64. The number of aromatic nitrogens is 1. The number of piperazine rings is 1. The van der Waals surface area contributed by atoms with Crippen molar-refractivity contribution in [1.82, 2.24) is 9.88 Å². The molecule has 1 aliphatic rings. The molecule has 1 aliphatic heterocycles. The quantitative estimate of drug-likeness (QED) is 0.872. The Labute approximate surface area is 129 Å². The third-order valence-electron chi connectivity index (χ3n) is 3.93. The number of nitrogens with zero attached hydrogens (tertiary/aromatic N) is 4. The topological polar surface area (TPSA) is 43.2 Å². The first-order chi connectivity index (χ1) is 10.8. The van der Waals surface area contributed by atoms with Crippen LogP contribution in [-0.4, -0.2) is 36.1 Å². The Morgan fingerprint density at radius 1 is 1.09 bits per heavy atom. The van der Waals surface area contributed by atoms with E-state index in [2.05, 4.69) is 20.9 Å². The summed E-state index contributed by atoms with van der Waals surface area (Å²) in [6, 6.07) is 12.7. The van der Waals surface area contributed by atoms with Crippen molar-refractivity contribution in [3.8, 4) is 6.07 Å². The molecule has 0 aliphatic carbocycles. The van der Waals surface area contributed by atoms with Gasteiger partial charge in [-0.3, -0.25) is 4.90 Å². The predicted octanol–water partition coefficient (Wildman–Crippen LogP) is 2.41. The van der Waals surface area contributed by atoms with E-state index in [-0.39, 0.29) is 5.82 Å². The van der Waals surface area contributed by atoms with Crippen LogP contribution in [0.5, 0.6) is 0 Å². The third-order valence-corrected chi connectivity index (χ3v) is 3.93. The molecule has 22 heavy (non-hydrogen) atoms. The molecule has 1 aromatic carbocycles. The zero-order chi connectivity index (χ0) is 15.4. The van der Waals surface area contributed by atoms with Gasteiger partial charge < -0.3 is 4.90 Å². The summed E-state index contributed by atoms with van der Waals surface area (Å²) in [6.07, 6.45) is 1.60. The van der Waals surface area contributed by atoms with Crippen molar-refractivity contribution in [2.75, 3.05) is 31.1 Å². The maximum Gasteiger partial charge on any atom is 0.128 e. The summed E-state index contributed by atoms with van der Waals surface area (Å²) >= 11 is 0. The molecule has 112 valence electrons. The van der Waals surface area contributed by atoms with E-state index in [1.807, 2.05) is 18.2 Å². The molecular formula is C17H17FN4. The van der Waals surface area contributed by atoms with E-state index in [1.165, 1.54) is 6.07 Å². The van der Waals surface area contributed by atoms with Crippen LogP contribution >= 0.6 is 0 Å². The number of nitriles is 1. The molecule has 0 bridgehead atoms. The second-order valence-corrected chi connectivity index (χ2v) is 5.37. The number of hydrogen-bond acceptors (Lipinski definition) is 4. The van der Waals surface area contributed by atoms with Crippen LogP contribution < -0.4 is 4.90 Å². The van der Waals surface area contributed by atoms with Gasteiger partial charge in [0.05, 0.1) is 5.56 Å². The van der Waals surface area contributed by atoms with Gasteiger partial charge in [-0.15, -0.1) is 0 Å². The van der Waals surface area contributed by atoms with Crippen LogP contribution in [0.2, 0.25) is 0 Å². The monoisotopic (exact) mass is 296 g/mol. The predicted molar refractivity (Wildman–Crippen MR) is 82.8 cm³/mol. The lowest BCUT2D eigenvalue weighted by Gasteiger charge is -2.35.